The fraction of sp³-hybridized carbons (Fsp3) is 1.00. The molecule has 1 saturated carbocycles. The fourth-order valence-corrected chi connectivity index (χ4v) is 3.92. The Kier molecular flexibility index (Phi) is 7.29. The summed E-state index contributed by atoms with van der Waals surface area (Å²) in [5, 5.41) is 3.80. The lowest BCUT2D eigenvalue weighted by molar-refractivity contribution is 0.154. The van der Waals surface area contributed by atoms with Gasteiger partial charge in [0.1, 0.15) is 0 Å². The van der Waals surface area contributed by atoms with E-state index in [9.17, 15) is 0 Å². The van der Waals surface area contributed by atoms with Crippen molar-refractivity contribution in [1.82, 2.24) is 5.32 Å². The van der Waals surface area contributed by atoms with Crippen LogP contribution in [-0.2, 0) is 0 Å². The van der Waals surface area contributed by atoms with Crippen molar-refractivity contribution in [2.75, 3.05) is 6.54 Å². The van der Waals surface area contributed by atoms with Gasteiger partial charge < -0.3 is 5.32 Å². The quantitative estimate of drug-likeness (QED) is 0.683. The van der Waals surface area contributed by atoms with E-state index >= 15 is 0 Å². The first kappa shape index (κ1) is 16.0. The molecule has 1 heteroatoms. The van der Waals surface area contributed by atoms with Crippen LogP contribution in [0.25, 0.3) is 0 Å². The third-order valence-electron chi connectivity index (χ3n) is 5.26. The largest absolute Gasteiger partial charge is 0.314 e. The van der Waals surface area contributed by atoms with E-state index in [0.29, 0.717) is 0 Å². The second-order valence-electron chi connectivity index (χ2n) is 6.58. The number of nitrogens with one attached hydrogen (secondary N) is 1. The van der Waals surface area contributed by atoms with E-state index in [0.717, 1.165) is 36.3 Å². The zero-order valence-electron chi connectivity index (χ0n) is 13.3. The summed E-state index contributed by atoms with van der Waals surface area (Å²) in [5.74, 6) is 3.69. The van der Waals surface area contributed by atoms with E-state index in [1.165, 1.54) is 38.5 Å². The normalized spacial score (nSPS) is 26.8. The van der Waals surface area contributed by atoms with Crippen LogP contribution in [0.2, 0.25) is 0 Å². The van der Waals surface area contributed by atoms with Gasteiger partial charge >= 0.3 is 0 Å². The van der Waals surface area contributed by atoms with Crippen molar-refractivity contribution >= 4 is 0 Å². The minimum Gasteiger partial charge on any atom is -0.314 e. The Labute approximate surface area is 115 Å². The monoisotopic (exact) mass is 253 g/mol. The van der Waals surface area contributed by atoms with Crippen LogP contribution in [0.1, 0.15) is 73.1 Å². The zero-order valence-corrected chi connectivity index (χ0v) is 13.3. The Bertz CT molecular complexity index is 200. The predicted molar refractivity (Wildman–Crippen MR) is 81.8 cm³/mol. The van der Waals surface area contributed by atoms with Gasteiger partial charge in [-0.1, -0.05) is 47.5 Å². The zero-order chi connectivity index (χ0) is 13.5. The molecule has 0 bridgehead atoms. The lowest BCUT2D eigenvalue weighted by Gasteiger charge is -2.39. The number of hydrogen-bond acceptors (Lipinski definition) is 1. The summed E-state index contributed by atoms with van der Waals surface area (Å²) >= 11 is 0. The van der Waals surface area contributed by atoms with Crippen molar-refractivity contribution in [3.05, 3.63) is 0 Å². The third kappa shape index (κ3) is 4.26. The topological polar surface area (TPSA) is 12.0 Å². The Morgan fingerprint density at radius 3 is 1.78 bits per heavy atom. The van der Waals surface area contributed by atoms with E-state index in [2.05, 4.69) is 39.9 Å². The van der Waals surface area contributed by atoms with Gasteiger partial charge in [-0.15, -0.1) is 0 Å². The van der Waals surface area contributed by atoms with Crippen LogP contribution in [0.3, 0.4) is 0 Å². The second kappa shape index (κ2) is 8.19. The minimum absolute atomic E-state index is 0.776. The highest BCUT2D eigenvalue weighted by Crippen LogP contribution is 2.37. The standard InChI is InChI=1S/C17H35N/c1-6-14(7-2)17(18-8-3)16-11-9-15(10-12-16)13(4)5/h13-18H,6-12H2,1-5H3. The van der Waals surface area contributed by atoms with E-state index in [1.54, 1.807) is 0 Å². The summed E-state index contributed by atoms with van der Waals surface area (Å²) in [5.41, 5.74) is 0. The molecule has 1 rings (SSSR count). The first-order valence-corrected chi connectivity index (χ1v) is 8.37. The molecule has 1 unspecified atom stereocenters. The Balaban J connectivity index is 2.54. The summed E-state index contributed by atoms with van der Waals surface area (Å²) < 4.78 is 0. The van der Waals surface area contributed by atoms with E-state index < -0.39 is 0 Å². The van der Waals surface area contributed by atoms with Gasteiger partial charge in [-0.3, -0.25) is 0 Å². The molecule has 1 aliphatic rings. The third-order valence-corrected chi connectivity index (χ3v) is 5.26. The Morgan fingerprint density at radius 2 is 1.39 bits per heavy atom. The van der Waals surface area contributed by atoms with Crippen LogP contribution in [0.5, 0.6) is 0 Å². The molecular formula is C17H35N. The van der Waals surface area contributed by atoms with E-state index in [-0.39, 0.29) is 0 Å². The summed E-state index contributed by atoms with van der Waals surface area (Å²) in [6.07, 6.45) is 8.50. The number of hydrogen-bond donors (Lipinski definition) is 1. The predicted octanol–water partition coefficient (Wildman–Crippen LogP) is 4.86. The molecule has 108 valence electrons. The van der Waals surface area contributed by atoms with Gasteiger partial charge in [-0.05, 0) is 55.9 Å². The van der Waals surface area contributed by atoms with Crippen LogP contribution < -0.4 is 5.32 Å². The Hall–Kier alpha value is -0.0400. The smallest absolute Gasteiger partial charge is 0.0123 e. The lowest BCUT2D eigenvalue weighted by Crippen LogP contribution is -2.43. The molecule has 0 radical (unpaired) electrons. The van der Waals surface area contributed by atoms with Crippen molar-refractivity contribution in [3.63, 3.8) is 0 Å². The first-order valence-electron chi connectivity index (χ1n) is 8.37. The van der Waals surface area contributed by atoms with Gasteiger partial charge in [-0.2, -0.15) is 0 Å². The van der Waals surface area contributed by atoms with Gasteiger partial charge in [0, 0.05) is 6.04 Å². The van der Waals surface area contributed by atoms with Crippen molar-refractivity contribution in [2.24, 2.45) is 23.7 Å². The van der Waals surface area contributed by atoms with Gasteiger partial charge in [0.15, 0.2) is 0 Å². The van der Waals surface area contributed by atoms with Gasteiger partial charge in [0.05, 0.1) is 0 Å². The van der Waals surface area contributed by atoms with Crippen LogP contribution in [0.4, 0.5) is 0 Å². The molecule has 1 aliphatic carbocycles. The molecular weight excluding hydrogens is 218 g/mol. The van der Waals surface area contributed by atoms with Crippen LogP contribution in [0.15, 0.2) is 0 Å². The molecule has 18 heavy (non-hydrogen) atoms. The maximum Gasteiger partial charge on any atom is 0.0123 e. The number of rotatable bonds is 7. The molecule has 0 aromatic carbocycles. The summed E-state index contributed by atoms with van der Waals surface area (Å²) in [6.45, 7) is 12.9. The van der Waals surface area contributed by atoms with Crippen molar-refractivity contribution in [2.45, 2.75) is 79.2 Å². The molecule has 1 fully saturated rings. The van der Waals surface area contributed by atoms with Gasteiger partial charge in [0.2, 0.25) is 0 Å². The maximum absolute atomic E-state index is 3.80. The first-order chi connectivity index (χ1) is 8.63. The van der Waals surface area contributed by atoms with Gasteiger partial charge in [-0.25, -0.2) is 0 Å². The maximum atomic E-state index is 3.80. The van der Waals surface area contributed by atoms with Crippen LogP contribution in [0, 0.1) is 23.7 Å². The lowest BCUT2D eigenvalue weighted by atomic mass is 9.71. The van der Waals surface area contributed by atoms with Crippen LogP contribution >= 0.6 is 0 Å². The highest BCUT2D eigenvalue weighted by molar-refractivity contribution is 4.86. The summed E-state index contributed by atoms with van der Waals surface area (Å²) in [7, 11) is 0. The summed E-state index contributed by atoms with van der Waals surface area (Å²) in [4.78, 5) is 0. The fourth-order valence-electron chi connectivity index (χ4n) is 3.92. The molecule has 1 nitrogen and oxygen atoms in total. The minimum atomic E-state index is 0.776. The molecule has 1 N–H and O–H groups in total. The highest BCUT2D eigenvalue weighted by Gasteiger charge is 2.31. The second-order valence-corrected chi connectivity index (χ2v) is 6.58. The Morgan fingerprint density at radius 1 is 0.889 bits per heavy atom. The molecule has 0 heterocycles. The molecule has 0 amide bonds. The van der Waals surface area contributed by atoms with E-state index in [1.807, 2.05) is 0 Å². The van der Waals surface area contributed by atoms with Crippen molar-refractivity contribution in [3.8, 4) is 0 Å². The highest BCUT2D eigenvalue weighted by atomic mass is 14.9. The molecule has 0 aromatic rings. The van der Waals surface area contributed by atoms with Crippen LogP contribution in [-0.4, -0.2) is 12.6 Å². The van der Waals surface area contributed by atoms with E-state index in [4.69, 9.17) is 0 Å². The average molecular weight is 253 g/mol. The van der Waals surface area contributed by atoms with Crippen molar-refractivity contribution in [1.29, 1.82) is 0 Å². The molecule has 0 spiro atoms. The summed E-state index contributed by atoms with van der Waals surface area (Å²) in [6, 6.07) is 0.776. The SMILES string of the molecule is CCNC(C(CC)CC)C1CCC(C(C)C)CC1. The molecule has 1 atom stereocenters. The average Bonchev–Trinajstić information content (AvgIpc) is 2.39. The van der Waals surface area contributed by atoms with Gasteiger partial charge in [0.25, 0.3) is 0 Å². The molecule has 0 aliphatic heterocycles. The van der Waals surface area contributed by atoms with Crippen molar-refractivity contribution < 1.29 is 0 Å². The molecule has 0 saturated heterocycles. The molecule has 0 aromatic heterocycles.